The fourth-order valence-corrected chi connectivity index (χ4v) is 1.28. The lowest BCUT2D eigenvalue weighted by molar-refractivity contribution is 0.666. The molecular formula is C6H12N2S. The molecule has 0 amide bonds. The van der Waals surface area contributed by atoms with Crippen molar-refractivity contribution in [2.75, 3.05) is 20.1 Å². The summed E-state index contributed by atoms with van der Waals surface area (Å²) in [6.07, 6.45) is 1.08. The summed E-state index contributed by atoms with van der Waals surface area (Å²) in [7, 11) is 1.94. The molecule has 0 saturated carbocycles. The lowest BCUT2D eigenvalue weighted by Crippen LogP contribution is -2.27. The first-order valence-electron chi connectivity index (χ1n) is 3.14. The standard InChI is InChI=1S/C6H12N2S/c1-7-5-2-3-8-4-6(5)9/h7-9H,2-4H2,1H3. The SMILES string of the molecule is CNC1=C(S)CNCC1. The Kier molecular flexibility index (Phi) is 2.42. The Morgan fingerprint density at radius 3 is 2.89 bits per heavy atom. The number of thiol groups is 1. The molecule has 0 saturated heterocycles. The number of nitrogens with one attached hydrogen (secondary N) is 2. The molecule has 2 N–H and O–H groups in total. The molecule has 0 radical (unpaired) electrons. The third-order valence-corrected chi connectivity index (χ3v) is 1.92. The molecular weight excluding hydrogens is 132 g/mol. The van der Waals surface area contributed by atoms with Crippen molar-refractivity contribution in [3.05, 3.63) is 10.6 Å². The molecule has 2 nitrogen and oxygen atoms in total. The topological polar surface area (TPSA) is 24.1 Å². The molecule has 0 unspecified atom stereocenters. The van der Waals surface area contributed by atoms with E-state index in [1.54, 1.807) is 0 Å². The summed E-state index contributed by atoms with van der Waals surface area (Å²) in [5.41, 5.74) is 1.28. The van der Waals surface area contributed by atoms with E-state index in [-0.39, 0.29) is 0 Å². The molecule has 1 rings (SSSR count). The van der Waals surface area contributed by atoms with Gasteiger partial charge >= 0.3 is 0 Å². The van der Waals surface area contributed by atoms with Crippen molar-refractivity contribution in [2.45, 2.75) is 6.42 Å². The van der Waals surface area contributed by atoms with Crippen LogP contribution in [-0.4, -0.2) is 20.1 Å². The van der Waals surface area contributed by atoms with Crippen LogP contribution in [0.2, 0.25) is 0 Å². The number of hydrogen-bond acceptors (Lipinski definition) is 3. The summed E-state index contributed by atoms with van der Waals surface area (Å²) in [6, 6.07) is 0. The average Bonchev–Trinajstić information content (AvgIpc) is 1.89. The lowest BCUT2D eigenvalue weighted by atomic mass is 10.2. The van der Waals surface area contributed by atoms with Gasteiger partial charge in [0.15, 0.2) is 0 Å². The van der Waals surface area contributed by atoms with E-state index >= 15 is 0 Å². The normalized spacial score (nSPS) is 20.2. The van der Waals surface area contributed by atoms with E-state index in [0.717, 1.165) is 24.4 Å². The van der Waals surface area contributed by atoms with Crippen molar-refractivity contribution in [3.63, 3.8) is 0 Å². The van der Waals surface area contributed by atoms with Crippen LogP contribution >= 0.6 is 12.6 Å². The van der Waals surface area contributed by atoms with Gasteiger partial charge < -0.3 is 10.6 Å². The van der Waals surface area contributed by atoms with Crippen molar-refractivity contribution < 1.29 is 0 Å². The van der Waals surface area contributed by atoms with E-state index in [1.165, 1.54) is 5.70 Å². The van der Waals surface area contributed by atoms with E-state index in [2.05, 4.69) is 23.3 Å². The summed E-state index contributed by atoms with van der Waals surface area (Å²) in [6.45, 7) is 1.99. The number of hydrogen-bond donors (Lipinski definition) is 3. The van der Waals surface area contributed by atoms with Crippen LogP contribution in [0, 0.1) is 0 Å². The minimum absolute atomic E-state index is 0.916. The van der Waals surface area contributed by atoms with Crippen molar-refractivity contribution in [2.24, 2.45) is 0 Å². The van der Waals surface area contributed by atoms with Gasteiger partial charge in [0, 0.05) is 37.2 Å². The monoisotopic (exact) mass is 144 g/mol. The Hall–Kier alpha value is -0.150. The first-order valence-corrected chi connectivity index (χ1v) is 3.59. The largest absolute Gasteiger partial charge is 0.391 e. The molecule has 0 aromatic heterocycles. The first-order chi connectivity index (χ1) is 4.34. The Balaban J connectivity index is 2.59. The van der Waals surface area contributed by atoms with Gasteiger partial charge in [-0.15, -0.1) is 12.6 Å². The molecule has 0 fully saturated rings. The fraction of sp³-hybridized carbons (Fsp3) is 0.667. The molecule has 1 aliphatic rings. The molecule has 1 aliphatic heterocycles. The minimum atomic E-state index is 0.916. The van der Waals surface area contributed by atoms with Crippen LogP contribution in [0.1, 0.15) is 6.42 Å². The fourth-order valence-electron chi connectivity index (χ4n) is 0.940. The predicted octanol–water partition coefficient (Wildman–Crippen LogP) is 0.341. The summed E-state index contributed by atoms with van der Waals surface area (Å²) in [5, 5.41) is 6.34. The van der Waals surface area contributed by atoms with Gasteiger partial charge in [0.05, 0.1) is 0 Å². The van der Waals surface area contributed by atoms with E-state index in [1.807, 2.05) is 7.05 Å². The lowest BCUT2D eigenvalue weighted by Gasteiger charge is -2.17. The highest BCUT2D eigenvalue weighted by Gasteiger charge is 2.05. The summed E-state index contributed by atoms with van der Waals surface area (Å²) in [4.78, 5) is 1.14. The second-order valence-corrected chi connectivity index (χ2v) is 2.64. The van der Waals surface area contributed by atoms with E-state index < -0.39 is 0 Å². The second-order valence-electron chi connectivity index (χ2n) is 2.10. The van der Waals surface area contributed by atoms with Gasteiger partial charge in [-0.3, -0.25) is 0 Å². The molecule has 3 heteroatoms. The molecule has 0 aromatic rings. The Morgan fingerprint density at radius 1 is 1.67 bits per heavy atom. The third kappa shape index (κ3) is 1.63. The van der Waals surface area contributed by atoms with Crippen LogP contribution in [0.25, 0.3) is 0 Å². The van der Waals surface area contributed by atoms with Crippen LogP contribution in [0.5, 0.6) is 0 Å². The summed E-state index contributed by atoms with van der Waals surface area (Å²) >= 11 is 4.29. The van der Waals surface area contributed by atoms with Gasteiger partial charge in [-0.1, -0.05) is 0 Å². The molecule has 0 spiro atoms. The van der Waals surface area contributed by atoms with Crippen LogP contribution in [0.15, 0.2) is 10.6 Å². The summed E-state index contributed by atoms with van der Waals surface area (Å²) in [5.74, 6) is 0. The Bertz CT molecular complexity index is 131. The third-order valence-electron chi connectivity index (χ3n) is 1.49. The Morgan fingerprint density at radius 2 is 2.44 bits per heavy atom. The highest BCUT2D eigenvalue weighted by molar-refractivity contribution is 7.84. The molecule has 0 aliphatic carbocycles. The van der Waals surface area contributed by atoms with Crippen LogP contribution in [-0.2, 0) is 0 Å². The Labute approximate surface area is 61.1 Å². The molecule has 9 heavy (non-hydrogen) atoms. The molecule has 0 bridgehead atoms. The molecule has 0 aromatic carbocycles. The molecule has 52 valence electrons. The van der Waals surface area contributed by atoms with Gasteiger partial charge in [0.25, 0.3) is 0 Å². The zero-order chi connectivity index (χ0) is 6.69. The van der Waals surface area contributed by atoms with Crippen LogP contribution in [0.3, 0.4) is 0 Å². The van der Waals surface area contributed by atoms with Gasteiger partial charge in [-0.25, -0.2) is 0 Å². The first kappa shape index (κ1) is 6.96. The van der Waals surface area contributed by atoms with E-state index in [9.17, 15) is 0 Å². The quantitative estimate of drug-likeness (QED) is 0.462. The van der Waals surface area contributed by atoms with Crippen LogP contribution in [0.4, 0.5) is 0 Å². The van der Waals surface area contributed by atoms with Crippen molar-refractivity contribution >= 4 is 12.6 Å². The second kappa shape index (κ2) is 3.13. The highest BCUT2D eigenvalue weighted by atomic mass is 32.1. The minimum Gasteiger partial charge on any atom is -0.391 e. The van der Waals surface area contributed by atoms with Gasteiger partial charge in [-0.2, -0.15) is 0 Å². The highest BCUT2D eigenvalue weighted by Crippen LogP contribution is 2.11. The maximum absolute atomic E-state index is 4.29. The molecule has 1 heterocycles. The van der Waals surface area contributed by atoms with Crippen molar-refractivity contribution in [1.82, 2.24) is 10.6 Å². The zero-order valence-corrected chi connectivity index (χ0v) is 6.46. The smallest absolute Gasteiger partial charge is 0.0280 e. The van der Waals surface area contributed by atoms with Gasteiger partial charge in [0.2, 0.25) is 0 Å². The van der Waals surface area contributed by atoms with E-state index in [0.29, 0.717) is 0 Å². The van der Waals surface area contributed by atoms with Gasteiger partial charge in [-0.05, 0) is 0 Å². The average molecular weight is 144 g/mol. The maximum Gasteiger partial charge on any atom is 0.0280 e. The van der Waals surface area contributed by atoms with Crippen molar-refractivity contribution in [1.29, 1.82) is 0 Å². The number of rotatable bonds is 1. The predicted molar refractivity (Wildman–Crippen MR) is 42.6 cm³/mol. The maximum atomic E-state index is 4.29. The van der Waals surface area contributed by atoms with Gasteiger partial charge in [0.1, 0.15) is 0 Å². The summed E-state index contributed by atoms with van der Waals surface area (Å²) < 4.78 is 0. The van der Waals surface area contributed by atoms with Crippen LogP contribution < -0.4 is 10.6 Å². The zero-order valence-electron chi connectivity index (χ0n) is 5.57. The molecule has 0 atom stereocenters. The van der Waals surface area contributed by atoms with E-state index in [4.69, 9.17) is 0 Å². The van der Waals surface area contributed by atoms with Crippen molar-refractivity contribution in [3.8, 4) is 0 Å².